The summed E-state index contributed by atoms with van der Waals surface area (Å²) in [6, 6.07) is 10.5. The van der Waals surface area contributed by atoms with Crippen molar-refractivity contribution in [2.45, 2.75) is 13.1 Å². The summed E-state index contributed by atoms with van der Waals surface area (Å²) in [5.74, 6) is 0.662. The molecule has 0 spiro atoms. The highest BCUT2D eigenvalue weighted by Gasteiger charge is 2.17. The molecule has 0 bridgehead atoms. The molecule has 0 unspecified atom stereocenters. The molecule has 3 heterocycles. The van der Waals surface area contributed by atoms with Gasteiger partial charge < -0.3 is 19.8 Å². The lowest BCUT2D eigenvalue weighted by Crippen LogP contribution is -2.40. The van der Waals surface area contributed by atoms with Crippen molar-refractivity contribution in [3.8, 4) is 11.5 Å². The highest BCUT2D eigenvalue weighted by Crippen LogP contribution is 2.32. The lowest BCUT2D eigenvalue weighted by molar-refractivity contribution is 0.0948. The predicted molar refractivity (Wildman–Crippen MR) is 98.4 cm³/mol. The van der Waals surface area contributed by atoms with E-state index in [4.69, 9.17) is 9.47 Å². The van der Waals surface area contributed by atoms with Gasteiger partial charge in [0, 0.05) is 18.9 Å². The van der Waals surface area contributed by atoms with Crippen LogP contribution < -0.4 is 26.0 Å². The molecular formula is C19H16N4O5. The molecule has 9 heteroatoms. The first-order valence-electron chi connectivity index (χ1n) is 8.51. The Morgan fingerprint density at radius 2 is 2.04 bits per heavy atom. The highest BCUT2D eigenvalue weighted by molar-refractivity contribution is 5.93. The molecule has 3 aromatic rings. The van der Waals surface area contributed by atoms with Gasteiger partial charge in [0.25, 0.3) is 11.5 Å². The van der Waals surface area contributed by atoms with Crippen molar-refractivity contribution in [2.24, 2.45) is 0 Å². The fourth-order valence-corrected chi connectivity index (χ4v) is 2.80. The molecule has 1 aromatic carbocycles. The maximum Gasteiger partial charge on any atom is 0.328 e. The molecule has 0 aliphatic carbocycles. The van der Waals surface area contributed by atoms with E-state index in [-0.39, 0.29) is 25.4 Å². The number of rotatable bonds is 5. The van der Waals surface area contributed by atoms with Crippen molar-refractivity contribution in [1.82, 2.24) is 19.9 Å². The first-order valence-corrected chi connectivity index (χ1v) is 8.51. The monoisotopic (exact) mass is 380 g/mol. The summed E-state index contributed by atoms with van der Waals surface area (Å²) in [7, 11) is 0. The summed E-state index contributed by atoms with van der Waals surface area (Å²) in [5.41, 5.74) is -0.124. The van der Waals surface area contributed by atoms with Gasteiger partial charge in [-0.1, -0.05) is 12.1 Å². The number of nitrogens with one attached hydrogen (secondary N) is 2. The maximum atomic E-state index is 12.6. The highest BCUT2D eigenvalue weighted by atomic mass is 16.7. The average molecular weight is 380 g/mol. The number of fused-ring (bicyclic) bond motifs is 1. The summed E-state index contributed by atoms with van der Waals surface area (Å²) in [6.07, 6.45) is 2.69. The number of H-pyrrole nitrogens is 1. The smallest absolute Gasteiger partial charge is 0.328 e. The second-order valence-electron chi connectivity index (χ2n) is 6.09. The second-order valence-corrected chi connectivity index (χ2v) is 6.09. The Hall–Kier alpha value is -3.88. The molecule has 28 heavy (non-hydrogen) atoms. The maximum absolute atomic E-state index is 12.6. The van der Waals surface area contributed by atoms with Gasteiger partial charge in [-0.2, -0.15) is 0 Å². The zero-order chi connectivity index (χ0) is 19.5. The third kappa shape index (κ3) is 3.50. The summed E-state index contributed by atoms with van der Waals surface area (Å²) < 4.78 is 11.5. The number of aromatic nitrogens is 3. The van der Waals surface area contributed by atoms with Gasteiger partial charge in [0.15, 0.2) is 11.5 Å². The van der Waals surface area contributed by atoms with E-state index in [1.807, 2.05) is 0 Å². The van der Waals surface area contributed by atoms with Crippen LogP contribution >= 0.6 is 0 Å². The van der Waals surface area contributed by atoms with Crippen LogP contribution in [0, 0.1) is 0 Å². The van der Waals surface area contributed by atoms with Gasteiger partial charge in [0.05, 0.1) is 12.2 Å². The number of hydrogen-bond donors (Lipinski definition) is 2. The number of pyridine rings is 1. The van der Waals surface area contributed by atoms with E-state index in [2.05, 4.69) is 15.3 Å². The normalized spacial score (nSPS) is 12.0. The largest absolute Gasteiger partial charge is 0.454 e. The van der Waals surface area contributed by atoms with Crippen LogP contribution in [0.25, 0.3) is 0 Å². The van der Waals surface area contributed by atoms with Crippen LogP contribution in [0.5, 0.6) is 11.5 Å². The Kier molecular flexibility index (Phi) is 4.63. The standard InChI is InChI=1S/C19H16N4O5/c24-17(21-8-12-4-5-15-16(7-12)28-11-27-15)14-9-22-19(26)23(18(14)25)10-13-3-1-2-6-20-13/h1-7,9H,8,10-11H2,(H,21,24)(H,22,26). The van der Waals surface area contributed by atoms with Gasteiger partial charge in [0.1, 0.15) is 5.56 Å². The number of ether oxygens (including phenoxy) is 2. The third-order valence-electron chi connectivity index (χ3n) is 4.24. The molecule has 0 fully saturated rings. The molecule has 0 saturated carbocycles. The van der Waals surface area contributed by atoms with Gasteiger partial charge in [-0.25, -0.2) is 4.79 Å². The van der Waals surface area contributed by atoms with Crippen LogP contribution in [-0.2, 0) is 13.1 Å². The van der Waals surface area contributed by atoms with Crippen LogP contribution in [0.1, 0.15) is 21.6 Å². The minimum Gasteiger partial charge on any atom is -0.454 e. The number of hydrogen-bond acceptors (Lipinski definition) is 6. The van der Waals surface area contributed by atoms with E-state index in [0.717, 1.165) is 16.3 Å². The fourth-order valence-electron chi connectivity index (χ4n) is 2.80. The Balaban J connectivity index is 1.52. The van der Waals surface area contributed by atoms with Gasteiger partial charge >= 0.3 is 5.69 Å². The SMILES string of the molecule is O=C(NCc1ccc2c(c1)OCO2)c1c[nH]c(=O)n(Cc2ccccn2)c1=O. The van der Waals surface area contributed by atoms with Crippen molar-refractivity contribution in [3.63, 3.8) is 0 Å². The zero-order valence-corrected chi connectivity index (χ0v) is 14.7. The first kappa shape index (κ1) is 17.5. The molecule has 2 N–H and O–H groups in total. The van der Waals surface area contributed by atoms with Gasteiger partial charge in [-0.15, -0.1) is 0 Å². The average Bonchev–Trinajstić information content (AvgIpc) is 3.18. The molecule has 9 nitrogen and oxygen atoms in total. The van der Waals surface area contributed by atoms with Crippen molar-refractivity contribution < 1.29 is 14.3 Å². The zero-order valence-electron chi connectivity index (χ0n) is 14.7. The number of nitrogens with zero attached hydrogens (tertiary/aromatic N) is 2. The number of carbonyl (C=O) groups is 1. The van der Waals surface area contributed by atoms with E-state index >= 15 is 0 Å². The van der Waals surface area contributed by atoms with Crippen LogP contribution in [0.3, 0.4) is 0 Å². The fraction of sp³-hybridized carbons (Fsp3) is 0.158. The molecule has 1 amide bonds. The summed E-state index contributed by atoms with van der Waals surface area (Å²) >= 11 is 0. The molecule has 0 radical (unpaired) electrons. The van der Waals surface area contributed by atoms with E-state index in [9.17, 15) is 14.4 Å². The molecule has 0 atom stereocenters. The topological polar surface area (TPSA) is 115 Å². The van der Waals surface area contributed by atoms with E-state index in [0.29, 0.717) is 17.2 Å². The molecular weight excluding hydrogens is 364 g/mol. The van der Waals surface area contributed by atoms with Crippen LogP contribution in [0.4, 0.5) is 0 Å². The van der Waals surface area contributed by atoms with E-state index in [1.54, 1.807) is 42.6 Å². The summed E-state index contributed by atoms with van der Waals surface area (Å²) in [6.45, 7) is 0.324. The van der Waals surface area contributed by atoms with Crippen molar-refractivity contribution in [1.29, 1.82) is 0 Å². The van der Waals surface area contributed by atoms with Crippen LogP contribution in [0.15, 0.2) is 58.4 Å². The molecule has 1 aliphatic heterocycles. The Bertz CT molecular complexity index is 1140. The molecule has 142 valence electrons. The van der Waals surface area contributed by atoms with Crippen molar-refractivity contribution in [2.75, 3.05) is 6.79 Å². The number of benzene rings is 1. The van der Waals surface area contributed by atoms with Gasteiger partial charge in [-0.05, 0) is 29.8 Å². The quantitative estimate of drug-likeness (QED) is 0.671. The van der Waals surface area contributed by atoms with E-state index < -0.39 is 17.2 Å². The molecule has 0 saturated heterocycles. The molecule has 1 aliphatic rings. The lowest BCUT2D eigenvalue weighted by Gasteiger charge is -2.08. The van der Waals surface area contributed by atoms with E-state index in [1.165, 1.54) is 0 Å². The van der Waals surface area contributed by atoms with Gasteiger partial charge in [-0.3, -0.25) is 19.1 Å². The third-order valence-corrected chi connectivity index (χ3v) is 4.24. The van der Waals surface area contributed by atoms with Crippen molar-refractivity contribution >= 4 is 5.91 Å². The first-order chi connectivity index (χ1) is 13.6. The Labute approximate surface area is 158 Å². The van der Waals surface area contributed by atoms with Crippen molar-refractivity contribution in [3.05, 3.63) is 86.5 Å². The summed E-state index contributed by atoms with van der Waals surface area (Å²) in [5, 5.41) is 2.67. The van der Waals surface area contributed by atoms with Gasteiger partial charge in [0.2, 0.25) is 6.79 Å². The minimum absolute atomic E-state index is 0.0295. The number of aromatic amines is 1. The minimum atomic E-state index is -0.683. The second kappa shape index (κ2) is 7.39. The predicted octanol–water partition coefficient (Wildman–Crippen LogP) is 0.639. The Morgan fingerprint density at radius 3 is 2.86 bits per heavy atom. The molecule has 4 rings (SSSR count). The number of carbonyl (C=O) groups excluding carboxylic acids is 1. The van der Waals surface area contributed by atoms with Crippen LogP contribution in [0.2, 0.25) is 0 Å². The molecule has 2 aromatic heterocycles. The van der Waals surface area contributed by atoms with Crippen LogP contribution in [-0.4, -0.2) is 27.2 Å². The Morgan fingerprint density at radius 1 is 1.18 bits per heavy atom. The number of amides is 1. The lowest BCUT2D eigenvalue weighted by atomic mass is 10.2. The summed E-state index contributed by atoms with van der Waals surface area (Å²) in [4.78, 5) is 43.6.